The Hall–Kier alpha value is -2.08. The molecule has 2 aromatic rings. The number of rotatable bonds is 4. The first kappa shape index (κ1) is 12.0. The van der Waals surface area contributed by atoms with Gasteiger partial charge in [-0.1, -0.05) is 5.16 Å². The van der Waals surface area contributed by atoms with Gasteiger partial charge in [-0.15, -0.1) is 0 Å². The van der Waals surface area contributed by atoms with Gasteiger partial charge in [0.15, 0.2) is 0 Å². The van der Waals surface area contributed by atoms with Crippen molar-refractivity contribution < 1.29 is 14.0 Å². The average molecular weight is 261 g/mol. The summed E-state index contributed by atoms with van der Waals surface area (Å²) in [7, 11) is 3.19. The van der Waals surface area contributed by atoms with E-state index in [0.29, 0.717) is 23.2 Å². The van der Waals surface area contributed by atoms with Crippen LogP contribution >= 0.6 is 0 Å². The molecule has 1 aromatic carbocycles. The number of hydrogen-bond donors (Lipinski definition) is 1. The first-order valence-electron chi connectivity index (χ1n) is 6.01. The second-order valence-electron chi connectivity index (χ2n) is 4.68. The lowest BCUT2D eigenvalue weighted by Crippen LogP contribution is -2.18. The van der Waals surface area contributed by atoms with Crippen molar-refractivity contribution in [2.75, 3.05) is 14.2 Å². The van der Waals surface area contributed by atoms with Crippen molar-refractivity contribution in [3.05, 3.63) is 24.1 Å². The highest BCUT2D eigenvalue weighted by atomic mass is 16.5. The summed E-state index contributed by atoms with van der Waals surface area (Å²) in [4.78, 5) is 4.35. The molecule has 2 N–H and O–H groups in total. The standard InChI is InChI=1S/C13H15N3O3/c1-17-9-5-8(6-10(7-9)18-2)11-15-12(19-16-11)13(14)3-4-13/h5-7H,3-4,14H2,1-2H3. The van der Waals surface area contributed by atoms with Crippen molar-refractivity contribution in [3.8, 4) is 22.9 Å². The van der Waals surface area contributed by atoms with Gasteiger partial charge in [0.1, 0.15) is 11.5 Å². The van der Waals surface area contributed by atoms with Gasteiger partial charge in [0.05, 0.1) is 19.8 Å². The highest BCUT2D eigenvalue weighted by Crippen LogP contribution is 2.42. The summed E-state index contributed by atoms with van der Waals surface area (Å²) in [5, 5.41) is 3.97. The Labute approximate surface area is 110 Å². The van der Waals surface area contributed by atoms with E-state index in [-0.39, 0.29) is 0 Å². The molecule has 1 saturated carbocycles. The third-order valence-electron chi connectivity index (χ3n) is 3.25. The van der Waals surface area contributed by atoms with Crippen LogP contribution < -0.4 is 15.2 Å². The zero-order valence-electron chi connectivity index (χ0n) is 10.8. The highest BCUT2D eigenvalue weighted by molar-refractivity contribution is 5.60. The van der Waals surface area contributed by atoms with Crippen LogP contribution in [0.4, 0.5) is 0 Å². The van der Waals surface area contributed by atoms with Gasteiger partial charge in [0.25, 0.3) is 0 Å². The summed E-state index contributed by atoms with van der Waals surface area (Å²) in [5.74, 6) is 2.33. The van der Waals surface area contributed by atoms with E-state index < -0.39 is 5.54 Å². The zero-order chi connectivity index (χ0) is 13.5. The Morgan fingerprint density at radius 3 is 2.32 bits per heavy atom. The van der Waals surface area contributed by atoms with Crippen molar-refractivity contribution >= 4 is 0 Å². The van der Waals surface area contributed by atoms with Gasteiger partial charge >= 0.3 is 0 Å². The largest absolute Gasteiger partial charge is 0.497 e. The summed E-state index contributed by atoms with van der Waals surface area (Å²) in [6.07, 6.45) is 1.77. The predicted molar refractivity (Wildman–Crippen MR) is 67.9 cm³/mol. The number of nitrogens with two attached hydrogens (primary N) is 1. The molecule has 0 unspecified atom stereocenters. The molecule has 1 aromatic heterocycles. The van der Waals surface area contributed by atoms with Crippen LogP contribution in [0.1, 0.15) is 18.7 Å². The zero-order valence-corrected chi connectivity index (χ0v) is 10.8. The Balaban J connectivity index is 1.99. The van der Waals surface area contributed by atoms with Crippen molar-refractivity contribution in [2.24, 2.45) is 5.73 Å². The molecule has 0 saturated heterocycles. The average Bonchev–Trinajstić information content (AvgIpc) is 3.00. The van der Waals surface area contributed by atoms with E-state index in [9.17, 15) is 0 Å². The quantitative estimate of drug-likeness (QED) is 0.901. The molecule has 0 bridgehead atoms. The molecule has 19 heavy (non-hydrogen) atoms. The molecule has 1 aliphatic rings. The van der Waals surface area contributed by atoms with Gasteiger partial charge in [0.2, 0.25) is 11.7 Å². The van der Waals surface area contributed by atoms with Gasteiger partial charge in [-0.2, -0.15) is 4.98 Å². The molecular formula is C13H15N3O3. The van der Waals surface area contributed by atoms with Gasteiger partial charge in [-0.25, -0.2) is 0 Å². The van der Waals surface area contributed by atoms with E-state index >= 15 is 0 Å². The fraction of sp³-hybridized carbons (Fsp3) is 0.385. The lowest BCUT2D eigenvalue weighted by atomic mass is 10.2. The van der Waals surface area contributed by atoms with Crippen LogP contribution in [0.5, 0.6) is 11.5 Å². The summed E-state index contributed by atoms with van der Waals surface area (Å²) < 4.78 is 15.7. The summed E-state index contributed by atoms with van der Waals surface area (Å²) in [6, 6.07) is 5.44. The molecule has 0 atom stereocenters. The normalized spacial score (nSPS) is 16.2. The molecule has 3 rings (SSSR count). The van der Waals surface area contributed by atoms with Crippen molar-refractivity contribution in [3.63, 3.8) is 0 Å². The van der Waals surface area contributed by atoms with Crippen LogP contribution in [0, 0.1) is 0 Å². The van der Waals surface area contributed by atoms with E-state index in [1.54, 1.807) is 20.3 Å². The van der Waals surface area contributed by atoms with Gasteiger partial charge in [0, 0.05) is 11.6 Å². The highest BCUT2D eigenvalue weighted by Gasteiger charge is 2.45. The maximum atomic E-state index is 6.03. The Morgan fingerprint density at radius 1 is 1.16 bits per heavy atom. The number of methoxy groups -OCH3 is 2. The number of aromatic nitrogens is 2. The molecule has 100 valence electrons. The van der Waals surface area contributed by atoms with Crippen LogP contribution in [0.3, 0.4) is 0 Å². The SMILES string of the molecule is COc1cc(OC)cc(-c2noc(C3(N)CC3)n2)c1. The minimum Gasteiger partial charge on any atom is -0.497 e. The van der Waals surface area contributed by atoms with E-state index in [1.165, 1.54) is 0 Å². The summed E-state index contributed by atoms with van der Waals surface area (Å²) in [5.41, 5.74) is 6.38. The number of benzene rings is 1. The van der Waals surface area contributed by atoms with E-state index in [2.05, 4.69) is 10.1 Å². The minimum absolute atomic E-state index is 0.422. The Morgan fingerprint density at radius 2 is 1.79 bits per heavy atom. The van der Waals surface area contributed by atoms with Crippen LogP contribution in [0.25, 0.3) is 11.4 Å². The van der Waals surface area contributed by atoms with Gasteiger partial charge in [-0.05, 0) is 25.0 Å². The maximum Gasteiger partial charge on any atom is 0.247 e. The fourth-order valence-electron chi connectivity index (χ4n) is 1.83. The van der Waals surface area contributed by atoms with E-state index in [0.717, 1.165) is 18.4 Å². The molecule has 6 heteroatoms. The Bertz CT molecular complexity index is 583. The molecule has 0 spiro atoms. The van der Waals surface area contributed by atoms with Crippen LogP contribution in [-0.4, -0.2) is 24.4 Å². The molecule has 6 nitrogen and oxygen atoms in total. The van der Waals surface area contributed by atoms with Gasteiger partial charge in [-0.3, -0.25) is 0 Å². The second kappa shape index (κ2) is 4.24. The van der Waals surface area contributed by atoms with E-state index in [1.807, 2.05) is 12.1 Å². The second-order valence-corrected chi connectivity index (χ2v) is 4.68. The minimum atomic E-state index is -0.422. The van der Waals surface area contributed by atoms with Gasteiger partial charge < -0.3 is 19.7 Å². The molecule has 1 heterocycles. The first-order chi connectivity index (χ1) is 9.14. The number of nitrogens with zero attached hydrogens (tertiary/aromatic N) is 2. The first-order valence-corrected chi connectivity index (χ1v) is 6.01. The lowest BCUT2D eigenvalue weighted by molar-refractivity contribution is 0.348. The van der Waals surface area contributed by atoms with Crippen molar-refractivity contribution in [2.45, 2.75) is 18.4 Å². The summed E-state index contributed by atoms with van der Waals surface area (Å²) >= 11 is 0. The molecule has 1 aliphatic carbocycles. The van der Waals surface area contributed by atoms with Crippen molar-refractivity contribution in [1.29, 1.82) is 0 Å². The van der Waals surface area contributed by atoms with Crippen molar-refractivity contribution in [1.82, 2.24) is 10.1 Å². The third-order valence-corrected chi connectivity index (χ3v) is 3.25. The van der Waals surface area contributed by atoms with Crippen LogP contribution in [0.15, 0.2) is 22.7 Å². The molecule has 0 aliphatic heterocycles. The maximum absolute atomic E-state index is 6.03. The number of ether oxygens (including phenoxy) is 2. The summed E-state index contributed by atoms with van der Waals surface area (Å²) in [6.45, 7) is 0. The third kappa shape index (κ3) is 2.15. The Kier molecular flexibility index (Phi) is 2.67. The van der Waals surface area contributed by atoms with Crippen LogP contribution in [0.2, 0.25) is 0 Å². The topological polar surface area (TPSA) is 83.4 Å². The lowest BCUT2D eigenvalue weighted by Gasteiger charge is -2.05. The number of hydrogen-bond acceptors (Lipinski definition) is 6. The smallest absolute Gasteiger partial charge is 0.247 e. The molecule has 0 radical (unpaired) electrons. The van der Waals surface area contributed by atoms with Crippen LogP contribution in [-0.2, 0) is 5.54 Å². The molecule has 0 amide bonds. The predicted octanol–water partition coefficient (Wildman–Crippen LogP) is 1.70. The molecule has 1 fully saturated rings. The monoisotopic (exact) mass is 261 g/mol. The molecular weight excluding hydrogens is 246 g/mol. The van der Waals surface area contributed by atoms with E-state index in [4.69, 9.17) is 19.7 Å². The fourth-order valence-corrected chi connectivity index (χ4v) is 1.83.